The van der Waals surface area contributed by atoms with E-state index in [1.807, 2.05) is 30.3 Å². The van der Waals surface area contributed by atoms with Crippen LogP contribution in [0.15, 0.2) is 66.7 Å². The van der Waals surface area contributed by atoms with Gasteiger partial charge in [0.05, 0.1) is 27.5 Å². The summed E-state index contributed by atoms with van der Waals surface area (Å²) in [5.74, 6) is -1.25. The lowest BCUT2D eigenvalue weighted by atomic mass is 9.68. The van der Waals surface area contributed by atoms with Gasteiger partial charge in [-0.25, -0.2) is 0 Å². The van der Waals surface area contributed by atoms with Gasteiger partial charge in [0.25, 0.3) is 17.3 Å². The van der Waals surface area contributed by atoms with E-state index in [0.717, 1.165) is 17.0 Å². The minimum atomic E-state index is -1.50. The number of fused-ring (bicyclic) bond motifs is 5. The van der Waals surface area contributed by atoms with Crippen LogP contribution in [0.25, 0.3) is 10.9 Å². The molecule has 1 spiro atoms. The highest BCUT2D eigenvalue weighted by Crippen LogP contribution is 2.56. The predicted molar refractivity (Wildman–Crippen MR) is 136 cm³/mol. The number of anilines is 1. The van der Waals surface area contributed by atoms with Gasteiger partial charge in [-0.2, -0.15) is 0 Å². The Morgan fingerprint density at radius 3 is 2.47 bits per heavy atom. The molecule has 10 nitrogen and oxygen atoms in total. The molecule has 3 heterocycles. The summed E-state index contributed by atoms with van der Waals surface area (Å²) in [6.07, 6.45) is 0. The second-order valence-corrected chi connectivity index (χ2v) is 9.20. The topological polar surface area (TPSA) is 134 Å². The van der Waals surface area contributed by atoms with Gasteiger partial charge >= 0.3 is 0 Å². The third kappa shape index (κ3) is 2.71. The number of rotatable bonds is 3. The minimum absolute atomic E-state index is 0.171. The number of nitrogens with zero attached hydrogens (tertiary/aromatic N) is 3. The molecule has 0 saturated heterocycles. The molecule has 6 rings (SSSR count). The number of non-ortho nitro benzene ring substituents is 1. The number of hydrogen-bond acceptors (Lipinski definition) is 6. The van der Waals surface area contributed by atoms with Gasteiger partial charge in [-0.1, -0.05) is 48.6 Å². The zero-order chi connectivity index (χ0) is 25.4. The van der Waals surface area contributed by atoms with Gasteiger partial charge in [-0.3, -0.25) is 25.0 Å². The van der Waals surface area contributed by atoms with E-state index >= 15 is 0 Å². The molecular formula is C25H17N5O5S. The van der Waals surface area contributed by atoms with Gasteiger partial charge in [0.15, 0.2) is 5.54 Å². The third-order valence-corrected chi connectivity index (χ3v) is 7.38. The Balaban J connectivity index is 1.77. The fraction of sp³-hybridized carbons (Fsp3) is 0.120. The molecule has 4 aromatic rings. The van der Waals surface area contributed by atoms with E-state index in [1.165, 1.54) is 17.0 Å². The van der Waals surface area contributed by atoms with E-state index in [-0.39, 0.29) is 11.5 Å². The summed E-state index contributed by atoms with van der Waals surface area (Å²) in [4.78, 5) is 41.6. The largest absolute Gasteiger partial charge is 0.356 e. The number of para-hydroxylation sites is 2. The number of benzene rings is 3. The van der Waals surface area contributed by atoms with E-state index in [2.05, 4.69) is 10.3 Å². The molecule has 178 valence electrons. The lowest BCUT2D eigenvalue weighted by Crippen LogP contribution is -2.59. The van der Waals surface area contributed by atoms with Crippen LogP contribution in [0.4, 0.5) is 17.1 Å². The number of amides is 1. The Labute approximate surface area is 208 Å². The summed E-state index contributed by atoms with van der Waals surface area (Å²) in [6, 6.07) is 18.2. The molecule has 1 aromatic heterocycles. The van der Waals surface area contributed by atoms with E-state index < -0.39 is 32.7 Å². The molecule has 1 amide bonds. The van der Waals surface area contributed by atoms with Crippen molar-refractivity contribution < 1.29 is 14.6 Å². The highest BCUT2D eigenvalue weighted by molar-refractivity contribution is 7.80. The molecule has 0 aliphatic carbocycles. The van der Waals surface area contributed by atoms with Gasteiger partial charge in [0, 0.05) is 40.8 Å². The number of aromatic amines is 1. The molecule has 0 radical (unpaired) electrons. The van der Waals surface area contributed by atoms with Crippen molar-refractivity contribution in [2.45, 2.75) is 11.5 Å². The molecule has 2 N–H and O–H groups in total. The molecular weight excluding hydrogens is 482 g/mol. The zero-order valence-corrected chi connectivity index (χ0v) is 19.5. The lowest BCUT2D eigenvalue weighted by Gasteiger charge is -2.42. The van der Waals surface area contributed by atoms with Crippen molar-refractivity contribution in [3.63, 3.8) is 0 Å². The molecule has 11 heteroatoms. The number of likely N-dealkylation sites (N-methyl/N-ethyl adjacent to an activating group) is 1. The Kier molecular flexibility index (Phi) is 4.51. The number of H-pyrrole nitrogens is 1. The second kappa shape index (κ2) is 7.43. The smallest absolute Gasteiger partial charge is 0.280 e. The van der Waals surface area contributed by atoms with Crippen molar-refractivity contribution in [3.05, 3.63) is 109 Å². The highest BCUT2D eigenvalue weighted by atomic mass is 32.1. The Hall–Kier alpha value is -4.64. The Bertz CT molecular complexity index is 1660. The average Bonchev–Trinajstić information content (AvgIpc) is 3.35. The van der Waals surface area contributed by atoms with Crippen LogP contribution < -0.4 is 10.2 Å². The maximum Gasteiger partial charge on any atom is 0.280 e. The SMILES string of the molecule is CN1C(=O)C2(NC(=S)c3[nH]c4ccccc4c3C2c2ccc([N+](=O)[O-])cc2[N+](=O)[O-])c2ccccc21. The Morgan fingerprint density at radius 2 is 1.72 bits per heavy atom. The van der Waals surface area contributed by atoms with Crippen molar-refractivity contribution >= 4 is 51.1 Å². The van der Waals surface area contributed by atoms with Gasteiger partial charge in [0.2, 0.25) is 0 Å². The number of thiocarbonyl (C=S) groups is 1. The molecule has 36 heavy (non-hydrogen) atoms. The predicted octanol–water partition coefficient (Wildman–Crippen LogP) is 4.27. The molecule has 2 aliphatic heterocycles. The normalized spacial score (nSPS) is 20.4. The highest BCUT2D eigenvalue weighted by Gasteiger charge is 2.60. The number of nitro groups is 2. The number of carbonyl (C=O) groups excluding carboxylic acids is 1. The summed E-state index contributed by atoms with van der Waals surface area (Å²) in [7, 11) is 1.65. The second-order valence-electron chi connectivity index (χ2n) is 8.79. The molecule has 0 bridgehead atoms. The van der Waals surface area contributed by atoms with Crippen molar-refractivity contribution in [2.75, 3.05) is 11.9 Å². The molecule has 2 atom stereocenters. The summed E-state index contributed by atoms with van der Waals surface area (Å²) < 4.78 is 0. The summed E-state index contributed by atoms with van der Waals surface area (Å²) in [5.41, 5.74) is 1.02. The van der Waals surface area contributed by atoms with Crippen molar-refractivity contribution in [1.82, 2.24) is 10.3 Å². The molecule has 2 unspecified atom stereocenters. The van der Waals surface area contributed by atoms with Gasteiger partial charge in [0.1, 0.15) is 4.99 Å². The Morgan fingerprint density at radius 1 is 1.00 bits per heavy atom. The van der Waals surface area contributed by atoms with Crippen molar-refractivity contribution in [2.24, 2.45) is 0 Å². The summed E-state index contributed by atoms with van der Waals surface area (Å²) in [6.45, 7) is 0. The molecule has 0 saturated carbocycles. The van der Waals surface area contributed by atoms with Crippen LogP contribution in [0.3, 0.4) is 0 Å². The van der Waals surface area contributed by atoms with Crippen molar-refractivity contribution in [3.8, 4) is 0 Å². The molecule has 3 aromatic carbocycles. The minimum Gasteiger partial charge on any atom is -0.356 e. The van der Waals surface area contributed by atoms with Crippen LogP contribution in [0, 0.1) is 20.2 Å². The van der Waals surface area contributed by atoms with Gasteiger partial charge in [-0.15, -0.1) is 0 Å². The molecule has 2 aliphatic rings. The van der Waals surface area contributed by atoms with E-state index in [1.54, 1.807) is 25.2 Å². The van der Waals surface area contributed by atoms with Crippen LogP contribution >= 0.6 is 12.2 Å². The van der Waals surface area contributed by atoms with Crippen LogP contribution in [0.5, 0.6) is 0 Å². The first-order chi connectivity index (χ1) is 17.3. The van der Waals surface area contributed by atoms with Crippen LogP contribution in [0.2, 0.25) is 0 Å². The number of nitro benzene ring substituents is 2. The third-order valence-electron chi connectivity index (χ3n) is 7.07. The monoisotopic (exact) mass is 499 g/mol. The van der Waals surface area contributed by atoms with E-state index in [0.29, 0.717) is 27.5 Å². The van der Waals surface area contributed by atoms with E-state index in [9.17, 15) is 25.0 Å². The van der Waals surface area contributed by atoms with Gasteiger partial charge < -0.3 is 15.2 Å². The first-order valence-electron chi connectivity index (χ1n) is 11.0. The fourth-order valence-corrected chi connectivity index (χ4v) is 5.92. The van der Waals surface area contributed by atoms with Crippen molar-refractivity contribution in [1.29, 1.82) is 0 Å². The van der Waals surface area contributed by atoms with Gasteiger partial charge in [-0.05, 0) is 23.8 Å². The van der Waals surface area contributed by atoms with Crippen LogP contribution in [-0.4, -0.2) is 32.8 Å². The quantitative estimate of drug-likeness (QED) is 0.244. The number of carbonyl (C=O) groups is 1. The first-order valence-corrected chi connectivity index (χ1v) is 11.4. The number of aromatic nitrogens is 1. The van der Waals surface area contributed by atoms with Crippen LogP contribution in [-0.2, 0) is 10.3 Å². The lowest BCUT2D eigenvalue weighted by molar-refractivity contribution is -0.394. The first kappa shape index (κ1) is 21.9. The number of nitrogens with one attached hydrogen (secondary N) is 2. The standard InChI is InChI=1S/C25H17N5O5S/c1-28-18-9-5-3-7-16(18)25(24(28)31)21(15-11-10-13(29(32)33)12-19(15)30(34)35)20-14-6-2-4-8-17(14)26-22(20)23(36)27-25/h2-12,21,26H,1H3,(H,27,36). The number of hydrogen-bond donors (Lipinski definition) is 2. The summed E-state index contributed by atoms with van der Waals surface area (Å²) >= 11 is 5.74. The van der Waals surface area contributed by atoms with E-state index in [4.69, 9.17) is 12.2 Å². The average molecular weight is 500 g/mol. The summed E-state index contributed by atoms with van der Waals surface area (Å²) in [5, 5.41) is 27.7. The van der Waals surface area contributed by atoms with Crippen LogP contribution in [0.1, 0.15) is 28.3 Å². The maximum atomic E-state index is 14.1. The molecule has 0 fully saturated rings. The fourth-order valence-electron chi connectivity index (χ4n) is 5.60. The maximum absolute atomic E-state index is 14.1. The zero-order valence-electron chi connectivity index (χ0n) is 18.7.